The number of rotatable bonds is 10. The largest absolute Gasteiger partial charge is 0.497 e. The maximum Gasteiger partial charge on any atom is 0.303 e. The summed E-state index contributed by atoms with van der Waals surface area (Å²) in [6.45, 7) is 7.26. The minimum Gasteiger partial charge on any atom is -0.497 e. The van der Waals surface area contributed by atoms with E-state index in [0.29, 0.717) is 12.5 Å². The van der Waals surface area contributed by atoms with Gasteiger partial charge in [-0.2, -0.15) is 0 Å². The van der Waals surface area contributed by atoms with Crippen molar-refractivity contribution in [1.29, 1.82) is 0 Å². The van der Waals surface area contributed by atoms with Crippen molar-refractivity contribution in [2.75, 3.05) is 7.11 Å². The van der Waals surface area contributed by atoms with Crippen molar-refractivity contribution in [1.82, 2.24) is 0 Å². The fraction of sp³-hybridized carbons (Fsp3) is 0.406. The van der Waals surface area contributed by atoms with Crippen molar-refractivity contribution in [2.45, 2.75) is 71.3 Å². The first kappa shape index (κ1) is 25.8. The van der Waals surface area contributed by atoms with Crippen LogP contribution in [0.1, 0.15) is 81.4 Å². The van der Waals surface area contributed by atoms with E-state index in [1.54, 1.807) is 7.11 Å². The van der Waals surface area contributed by atoms with Crippen LogP contribution in [-0.4, -0.2) is 18.2 Å². The molecule has 4 heteroatoms. The molecular formula is C32H38O4. The Kier molecular flexibility index (Phi) is 8.03. The first-order chi connectivity index (χ1) is 17.3. The molecule has 2 atom stereocenters. The molecule has 1 fully saturated rings. The van der Waals surface area contributed by atoms with Gasteiger partial charge in [0.2, 0.25) is 0 Å². The summed E-state index contributed by atoms with van der Waals surface area (Å²) in [7, 11) is 1.71. The summed E-state index contributed by atoms with van der Waals surface area (Å²) in [5, 5.41) is 9.25. The Hall–Kier alpha value is -3.27. The molecule has 4 nitrogen and oxygen atoms in total. The smallest absolute Gasteiger partial charge is 0.303 e. The van der Waals surface area contributed by atoms with E-state index in [1.807, 2.05) is 37.3 Å². The molecule has 0 radical (unpaired) electrons. The highest BCUT2D eigenvalue weighted by Crippen LogP contribution is 2.51. The molecule has 0 amide bonds. The third-order valence-corrected chi connectivity index (χ3v) is 7.78. The van der Waals surface area contributed by atoms with Gasteiger partial charge in [0.15, 0.2) is 0 Å². The van der Waals surface area contributed by atoms with Crippen LogP contribution in [0.5, 0.6) is 11.5 Å². The topological polar surface area (TPSA) is 55.8 Å². The van der Waals surface area contributed by atoms with Crippen LogP contribution in [-0.2, 0) is 11.4 Å². The summed E-state index contributed by atoms with van der Waals surface area (Å²) in [5.41, 5.74) is 6.23. The molecule has 0 aromatic heterocycles. The lowest BCUT2D eigenvalue weighted by Gasteiger charge is -2.30. The average molecular weight is 487 g/mol. The van der Waals surface area contributed by atoms with Gasteiger partial charge in [-0.1, -0.05) is 69.7 Å². The molecule has 0 bridgehead atoms. The Bertz CT molecular complexity index is 1200. The molecule has 0 heterocycles. The maximum atomic E-state index is 11.3. The van der Waals surface area contributed by atoms with Gasteiger partial charge in [0.1, 0.15) is 18.1 Å². The zero-order valence-corrected chi connectivity index (χ0v) is 21.9. The van der Waals surface area contributed by atoms with Crippen LogP contribution in [0.3, 0.4) is 0 Å². The number of benzene rings is 3. The van der Waals surface area contributed by atoms with Crippen molar-refractivity contribution in [3.8, 4) is 22.6 Å². The Labute approximate surface area is 215 Å². The van der Waals surface area contributed by atoms with E-state index >= 15 is 0 Å². The lowest BCUT2D eigenvalue weighted by molar-refractivity contribution is -0.137. The molecule has 0 unspecified atom stereocenters. The Morgan fingerprint density at radius 1 is 1.06 bits per heavy atom. The van der Waals surface area contributed by atoms with Gasteiger partial charge in [-0.15, -0.1) is 0 Å². The van der Waals surface area contributed by atoms with Gasteiger partial charge in [-0.05, 0) is 88.6 Å². The zero-order chi connectivity index (χ0) is 25.7. The molecule has 36 heavy (non-hydrogen) atoms. The number of ether oxygens (including phenoxy) is 2. The van der Waals surface area contributed by atoms with Crippen molar-refractivity contribution >= 4 is 5.97 Å². The van der Waals surface area contributed by atoms with Crippen LogP contribution in [0.2, 0.25) is 0 Å². The molecular weight excluding hydrogens is 448 g/mol. The lowest BCUT2D eigenvalue weighted by Crippen LogP contribution is -2.16. The predicted octanol–water partition coefficient (Wildman–Crippen LogP) is 8.20. The molecule has 0 saturated heterocycles. The van der Waals surface area contributed by atoms with Crippen LogP contribution in [0.25, 0.3) is 11.1 Å². The predicted molar refractivity (Wildman–Crippen MR) is 145 cm³/mol. The Morgan fingerprint density at radius 3 is 2.53 bits per heavy atom. The fourth-order valence-corrected chi connectivity index (χ4v) is 5.68. The van der Waals surface area contributed by atoms with E-state index in [-0.39, 0.29) is 17.8 Å². The first-order valence-electron chi connectivity index (χ1n) is 13.0. The second-order valence-corrected chi connectivity index (χ2v) is 10.7. The van der Waals surface area contributed by atoms with Crippen LogP contribution in [0, 0.1) is 5.41 Å². The first-order valence-corrected chi connectivity index (χ1v) is 13.0. The van der Waals surface area contributed by atoms with Crippen molar-refractivity contribution in [2.24, 2.45) is 5.41 Å². The van der Waals surface area contributed by atoms with Gasteiger partial charge in [0.05, 0.1) is 13.5 Å². The SMILES string of the molecule is CC[C@@H](CC(=O)O)c1cccc(OCc2ccc(-c3cccc(OC)c3)c([C@@H]3CCCC3(C)C)c2)c1. The van der Waals surface area contributed by atoms with E-state index in [4.69, 9.17) is 9.47 Å². The molecule has 190 valence electrons. The molecule has 4 rings (SSSR count). The summed E-state index contributed by atoms with van der Waals surface area (Å²) >= 11 is 0. The molecule has 1 saturated carbocycles. The van der Waals surface area contributed by atoms with Crippen molar-refractivity contribution in [3.63, 3.8) is 0 Å². The highest BCUT2D eigenvalue weighted by atomic mass is 16.5. The van der Waals surface area contributed by atoms with Gasteiger partial charge >= 0.3 is 5.97 Å². The summed E-state index contributed by atoms with van der Waals surface area (Å²) < 4.78 is 11.7. The van der Waals surface area contributed by atoms with E-state index in [0.717, 1.165) is 29.0 Å². The monoisotopic (exact) mass is 486 g/mol. The van der Waals surface area contributed by atoms with Crippen LogP contribution in [0.15, 0.2) is 66.7 Å². The minimum atomic E-state index is -0.772. The summed E-state index contributed by atoms with van der Waals surface area (Å²) in [6.07, 6.45) is 4.59. The third-order valence-electron chi connectivity index (χ3n) is 7.78. The fourth-order valence-electron chi connectivity index (χ4n) is 5.68. The number of carboxylic acid groups (broad SMARTS) is 1. The highest BCUT2D eigenvalue weighted by Gasteiger charge is 2.36. The van der Waals surface area contributed by atoms with Crippen LogP contribution < -0.4 is 9.47 Å². The molecule has 1 N–H and O–H groups in total. The molecule has 0 spiro atoms. The van der Waals surface area contributed by atoms with E-state index in [9.17, 15) is 9.90 Å². The van der Waals surface area contributed by atoms with Gasteiger partial charge in [0.25, 0.3) is 0 Å². The van der Waals surface area contributed by atoms with Crippen LogP contribution in [0.4, 0.5) is 0 Å². The number of methoxy groups -OCH3 is 1. The highest BCUT2D eigenvalue weighted by molar-refractivity contribution is 5.70. The minimum absolute atomic E-state index is 0.00982. The van der Waals surface area contributed by atoms with Gasteiger partial charge in [-0.25, -0.2) is 0 Å². The van der Waals surface area contributed by atoms with E-state index in [1.165, 1.54) is 36.0 Å². The molecule has 1 aliphatic carbocycles. The average Bonchev–Trinajstić information content (AvgIpc) is 3.24. The number of carboxylic acids is 1. The quantitative estimate of drug-likeness (QED) is 0.314. The number of carbonyl (C=O) groups is 1. The summed E-state index contributed by atoms with van der Waals surface area (Å²) in [5.74, 6) is 1.35. The van der Waals surface area contributed by atoms with Gasteiger partial charge in [0, 0.05) is 0 Å². The van der Waals surface area contributed by atoms with E-state index < -0.39 is 5.97 Å². The Morgan fingerprint density at radius 2 is 1.83 bits per heavy atom. The standard InChI is InChI=1S/C32H38O4/c1-5-23(20-31(33)34)24-9-6-12-27(18-24)36-21-22-14-15-28(25-10-7-11-26(19-25)35-4)29(17-22)30-13-8-16-32(30,2)3/h6-7,9-12,14-15,17-19,23,30H,5,8,13,16,20-21H2,1-4H3,(H,33,34)/t23-,30-/m0/s1. The summed E-state index contributed by atoms with van der Waals surface area (Å²) in [4.78, 5) is 11.3. The summed E-state index contributed by atoms with van der Waals surface area (Å²) in [6, 6.07) is 22.9. The molecule has 1 aliphatic rings. The normalized spacial score (nSPS) is 17.5. The van der Waals surface area contributed by atoms with Crippen LogP contribution >= 0.6 is 0 Å². The molecule has 0 aliphatic heterocycles. The third kappa shape index (κ3) is 5.92. The molecule has 3 aromatic carbocycles. The number of aliphatic carboxylic acids is 1. The maximum absolute atomic E-state index is 11.3. The Balaban J connectivity index is 1.61. The lowest BCUT2D eigenvalue weighted by atomic mass is 9.75. The molecule has 3 aromatic rings. The van der Waals surface area contributed by atoms with E-state index in [2.05, 4.69) is 50.2 Å². The number of hydrogen-bond acceptors (Lipinski definition) is 3. The van der Waals surface area contributed by atoms with Crippen molar-refractivity contribution in [3.05, 3.63) is 83.4 Å². The second-order valence-electron chi connectivity index (χ2n) is 10.7. The van der Waals surface area contributed by atoms with Gasteiger partial charge < -0.3 is 14.6 Å². The second kappa shape index (κ2) is 11.2. The van der Waals surface area contributed by atoms with Crippen molar-refractivity contribution < 1.29 is 19.4 Å². The number of hydrogen-bond donors (Lipinski definition) is 1. The zero-order valence-electron chi connectivity index (χ0n) is 21.9. The van der Waals surface area contributed by atoms with Gasteiger partial charge in [-0.3, -0.25) is 4.79 Å².